The number of hydrogen-bond acceptors (Lipinski definition) is 4. The number of hydrogen-bond donors (Lipinski definition) is 3. The minimum absolute atomic E-state index is 0.102. The third kappa shape index (κ3) is 6.42. The number of amides is 1. The molecule has 1 aromatic rings. The number of rotatable bonds is 8. The number of anilines is 1. The largest absolute Gasteiger partial charge is 0.497 e. The van der Waals surface area contributed by atoms with Crippen molar-refractivity contribution in [2.45, 2.75) is 12.8 Å². The molecule has 0 heterocycles. The first-order chi connectivity index (χ1) is 9.11. The summed E-state index contributed by atoms with van der Waals surface area (Å²) < 4.78 is 5.05. The van der Waals surface area contributed by atoms with Gasteiger partial charge in [-0.25, -0.2) is 0 Å². The Hall–Kier alpha value is -2.08. The molecular weight excluding hydrogens is 248 g/mol. The number of benzene rings is 1. The van der Waals surface area contributed by atoms with Gasteiger partial charge in [0.15, 0.2) is 0 Å². The van der Waals surface area contributed by atoms with Crippen molar-refractivity contribution >= 4 is 17.6 Å². The SMILES string of the molecule is COc1cccc(NC(=O)CNCCCC(=O)O)c1. The Bertz CT molecular complexity index is 434. The first-order valence-electron chi connectivity index (χ1n) is 5.98. The Morgan fingerprint density at radius 3 is 2.84 bits per heavy atom. The van der Waals surface area contributed by atoms with E-state index in [0.717, 1.165) is 0 Å². The van der Waals surface area contributed by atoms with E-state index in [-0.39, 0.29) is 18.9 Å². The number of carbonyl (C=O) groups is 2. The first-order valence-corrected chi connectivity index (χ1v) is 5.98. The molecule has 6 nitrogen and oxygen atoms in total. The lowest BCUT2D eigenvalue weighted by atomic mass is 10.3. The van der Waals surface area contributed by atoms with E-state index in [2.05, 4.69) is 10.6 Å². The summed E-state index contributed by atoms with van der Waals surface area (Å²) in [5, 5.41) is 14.0. The Balaban J connectivity index is 2.25. The molecule has 0 aliphatic heterocycles. The van der Waals surface area contributed by atoms with Crippen LogP contribution in [-0.2, 0) is 9.59 Å². The lowest BCUT2D eigenvalue weighted by Crippen LogP contribution is -2.29. The lowest BCUT2D eigenvalue weighted by molar-refractivity contribution is -0.137. The van der Waals surface area contributed by atoms with Crippen LogP contribution >= 0.6 is 0 Å². The zero-order chi connectivity index (χ0) is 14.1. The van der Waals surface area contributed by atoms with Crippen molar-refractivity contribution in [3.8, 4) is 5.75 Å². The lowest BCUT2D eigenvalue weighted by Gasteiger charge is -2.07. The van der Waals surface area contributed by atoms with E-state index >= 15 is 0 Å². The second-order valence-corrected chi connectivity index (χ2v) is 3.95. The molecule has 0 spiro atoms. The van der Waals surface area contributed by atoms with E-state index in [1.807, 2.05) is 0 Å². The van der Waals surface area contributed by atoms with Gasteiger partial charge in [0.1, 0.15) is 5.75 Å². The fourth-order valence-electron chi connectivity index (χ4n) is 1.47. The van der Waals surface area contributed by atoms with Crippen LogP contribution in [0.25, 0.3) is 0 Å². The summed E-state index contributed by atoms with van der Waals surface area (Å²) in [5.74, 6) is -0.335. The fraction of sp³-hybridized carbons (Fsp3) is 0.385. The zero-order valence-electron chi connectivity index (χ0n) is 10.8. The summed E-state index contributed by atoms with van der Waals surface area (Å²) in [5.41, 5.74) is 0.664. The molecule has 1 rings (SSSR count). The van der Waals surface area contributed by atoms with Crippen molar-refractivity contribution in [1.29, 1.82) is 0 Å². The normalized spacial score (nSPS) is 9.95. The number of nitrogens with one attached hydrogen (secondary N) is 2. The maximum absolute atomic E-state index is 11.6. The van der Waals surface area contributed by atoms with Crippen molar-refractivity contribution < 1.29 is 19.4 Å². The van der Waals surface area contributed by atoms with Crippen LogP contribution in [0.15, 0.2) is 24.3 Å². The second kappa shape index (κ2) is 8.10. The maximum atomic E-state index is 11.6. The van der Waals surface area contributed by atoms with Crippen molar-refractivity contribution in [2.24, 2.45) is 0 Å². The molecule has 0 radical (unpaired) electrons. The Morgan fingerprint density at radius 1 is 1.37 bits per heavy atom. The second-order valence-electron chi connectivity index (χ2n) is 3.95. The van der Waals surface area contributed by atoms with E-state index in [9.17, 15) is 9.59 Å². The monoisotopic (exact) mass is 266 g/mol. The molecule has 1 aromatic carbocycles. The minimum atomic E-state index is -0.831. The van der Waals surface area contributed by atoms with E-state index in [0.29, 0.717) is 24.4 Å². The van der Waals surface area contributed by atoms with Crippen LogP contribution in [-0.4, -0.2) is 37.2 Å². The predicted molar refractivity (Wildman–Crippen MR) is 71.4 cm³/mol. The molecule has 0 saturated carbocycles. The Morgan fingerprint density at radius 2 is 2.16 bits per heavy atom. The van der Waals surface area contributed by atoms with Gasteiger partial charge in [0.05, 0.1) is 13.7 Å². The minimum Gasteiger partial charge on any atom is -0.497 e. The topological polar surface area (TPSA) is 87.7 Å². The van der Waals surface area contributed by atoms with Gasteiger partial charge in [-0.15, -0.1) is 0 Å². The highest BCUT2D eigenvalue weighted by atomic mass is 16.5. The molecule has 3 N–H and O–H groups in total. The van der Waals surface area contributed by atoms with Gasteiger partial charge in [-0.2, -0.15) is 0 Å². The molecule has 0 unspecified atom stereocenters. The maximum Gasteiger partial charge on any atom is 0.303 e. The van der Waals surface area contributed by atoms with E-state index < -0.39 is 5.97 Å². The van der Waals surface area contributed by atoms with Crippen LogP contribution in [0.5, 0.6) is 5.75 Å². The molecular formula is C13H18N2O4. The molecule has 0 aliphatic rings. The fourth-order valence-corrected chi connectivity index (χ4v) is 1.47. The summed E-state index contributed by atoms with van der Waals surface area (Å²) >= 11 is 0. The highest BCUT2D eigenvalue weighted by molar-refractivity contribution is 5.92. The van der Waals surface area contributed by atoms with Crippen LogP contribution in [0.2, 0.25) is 0 Å². The van der Waals surface area contributed by atoms with Crippen LogP contribution in [0, 0.1) is 0 Å². The highest BCUT2D eigenvalue weighted by Gasteiger charge is 2.03. The van der Waals surface area contributed by atoms with Gasteiger partial charge >= 0.3 is 5.97 Å². The number of methoxy groups -OCH3 is 1. The predicted octanol–water partition coefficient (Wildman–Crippen LogP) is 1.09. The standard InChI is InChI=1S/C13H18N2O4/c1-19-11-5-2-4-10(8-11)15-12(16)9-14-7-3-6-13(17)18/h2,4-5,8,14H,3,6-7,9H2,1H3,(H,15,16)(H,17,18). The number of aliphatic carboxylic acids is 1. The number of carboxylic acid groups (broad SMARTS) is 1. The van der Waals surface area contributed by atoms with Crippen LogP contribution in [0.1, 0.15) is 12.8 Å². The van der Waals surface area contributed by atoms with E-state index in [1.54, 1.807) is 31.4 Å². The average Bonchev–Trinajstić information content (AvgIpc) is 2.38. The van der Waals surface area contributed by atoms with Crippen LogP contribution < -0.4 is 15.4 Å². The number of ether oxygens (including phenoxy) is 1. The summed E-state index contributed by atoms with van der Waals surface area (Å²) in [6.07, 6.45) is 0.603. The third-order valence-corrected chi connectivity index (χ3v) is 2.38. The van der Waals surface area contributed by atoms with Crippen LogP contribution in [0.3, 0.4) is 0 Å². The van der Waals surface area contributed by atoms with Gasteiger partial charge in [0.2, 0.25) is 5.91 Å². The molecule has 19 heavy (non-hydrogen) atoms. The summed E-state index contributed by atoms with van der Waals surface area (Å²) in [6, 6.07) is 7.07. The average molecular weight is 266 g/mol. The third-order valence-electron chi connectivity index (χ3n) is 2.38. The number of carboxylic acids is 1. The molecule has 6 heteroatoms. The Labute approximate surface area is 111 Å². The Kier molecular flexibility index (Phi) is 6.38. The molecule has 0 bridgehead atoms. The summed E-state index contributed by atoms with van der Waals surface area (Å²) in [6.45, 7) is 0.647. The van der Waals surface area contributed by atoms with Gasteiger partial charge < -0.3 is 20.5 Å². The van der Waals surface area contributed by atoms with E-state index in [1.165, 1.54) is 0 Å². The van der Waals surface area contributed by atoms with Crippen molar-refractivity contribution in [1.82, 2.24) is 5.32 Å². The molecule has 0 fully saturated rings. The first kappa shape index (κ1) is 15.0. The molecule has 0 saturated heterocycles. The molecule has 1 amide bonds. The van der Waals surface area contributed by atoms with E-state index in [4.69, 9.17) is 9.84 Å². The van der Waals surface area contributed by atoms with Gasteiger partial charge in [-0.3, -0.25) is 9.59 Å². The molecule has 104 valence electrons. The van der Waals surface area contributed by atoms with Gasteiger partial charge in [-0.1, -0.05) is 6.07 Å². The molecule has 0 aromatic heterocycles. The highest BCUT2D eigenvalue weighted by Crippen LogP contribution is 2.16. The van der Waals surface area contributed by atoms with Gasteiger partial charge in [-0.05, 0) is 25.1 Å². The van der Waals surface area contributed by atoms with Crippen LogP contribution in [0.4, 0.5) is 5.69 Å². The van der Waals surface area contributed by atoms with Gasteiger partial charge in [0.25, 0.3) is 0 Å². The van der Waals surface area contributed by atoms with Crippen molar-refractivity contribution in [3.63, 3.8) is 0 Å². The quantitative estimate of drug-likeness (QED) is 0.613. The smallest absolute Gasteiger partial charge is 0.303 e. The summed E-state index contributed by atoms with van der Waals surface area (Å²) in [4.78, 5) is 21.9. The van der Waals surface area contributed by atoms with Crippen molar-refractivity contribution in [2.75, 3.05) is 25.5 Å². The van der Waals surface area contributed by atoms with Gasteiger partial charge in [0, 0.05) is 18.2 Å². The molecule has 0 atom stereocenters. The number of carbonyl (C=O) groups excluding carboxylic acids is 1. The zero-order valence-corrected chi connectivity index (χ0v) is 10.8. The molecule has 0 aliphatic carbocycles. The summed E-state index contributed by atoms with van der Waals surface area (Å²) in [7, 11) is 1.56. The van der Waals surface area contributed by atoms with Crippen molar-refractivity contribution in [3.05, 3.63) is 24.3 Å².